The summed E-state index contributed by atoms with van der Waals surface area (Å²) < 4.78 is 1.08. The van der Waals surface area contributed by atoms with Gasteiger partial charge in [0.2, 0.25) is 0 Å². The van der Waals surface area contributed by atoms with Crippen LogP contribution in [0.1, 0.15) is 24.5 Å². The predicted octanol–water partition coefficient (Wildman–Crippen LogP) is 3.79. The van der Waals surface area contributed by atoms with Crippen LogP contribution in [0.5, 0.6) is 0 Å². The minimum absolute atomic E-state index is 0.716. The van der Waals surface area contributed by atoms with E-state index in [4.69, 9.17) is 0 Å². The molecule has 1 saturated carbocycles. The number of rotatable bonds is 3. The van der Waals surface area contributed by atoms with E-state index in [1.165, 1.54) is 18.5 Å². The van der Waals surface area contributed by atoms with Crippen LogP contribution in [0, 0.1) is 0 Å². The fraction of sp³-hybridized carbons (Fsp3) is 0.250. The first-order chi connectivity index (χ1) is 7.81. The molecule has 3 nitrogen and oxygen atoms in total. The number of H-pyrrole nitrogens is 1. The van der Waals surface area contributed by atoms with Crippen LogP contribution in [0.15, 0.2) is 34.8 Å². The van der Waals surface area contributed by atoms with Crippen molar-refractivity contribution in [3.05, 3.63) is 40.5 Å². The van der Waals surface area contributed by atoms with Crippen LogP contribution in [0.4, 0.5) is 11.5 Å². The van der Waals surface area contributed by atoms with Gasteiger partial charge in [-0.2, -0.15) is 5.10 Å². The van der Waals surface area contributed by atoms with Crippen LogP contribution >= 0.6 is 15.9 Å². The van der Waals surface area contributed by atoms with Crippen molar-refractivity contribution >= 4 is 27.4 Å². The number of aromatic nitrogens is 2. The van der Waals surface area contributed by atoms with Crippen molar-refractivity contribution < 1.29 is 0 Å². The summed E-state index contributed by atoms with van der Waals surface area (Å²) in [7, 11) is 0. The molecule has 0 radical (unpaired) electrons. The Morgan fingerprint density at radius 1 is 1.25 bits per heavy atom. The van der Waals surface area contributed by atoms with Crippen molar-refractivity contribution in [3.63, 3.8) is 0 Å². The van der Waals surface area contributed by atoms with Gasteiger partial charge >= 0.3 is 0 Å². The van der Waals surface area contributed by atoms with E-state index in [-0.39, 0.29) is 0 Å². The van der Waals surface area contributed by atoms with Crippen molar-refractivity contribution in [2.45, 2.75) is 18.8 Å². The van der Waals surface area contributed by atoms with Crippen LogP contribution in [-0.2, 0) is 0 Å². The van der Waals surface area contributed by atoms with Gasteiger partial charge in [0, 0.05) is 27.8 Å². The SMILES string of the molecule is Brc1ccc(Nc2cc(C3CC3)[nH]n2)cc1. The topological polar surface area (TPSA) is 40.7 Å². The zero-order valence-corrected chi connectivity index (χ0v) is 10.3. The Morgan fingerprint density at radius 3 is 2.69 bits per heavy atom. The molecule has 1 fully saturated rings. The third kappa shape index (κ3) is 2.11. The molecule has 0 saturated heterocycles. The van der Waals surface area contributed by atoms with Gasteiger partial charge in [-0.25, -0.2) is 0 Å². The highest BCUT2D eigenvalue weighted by Gasteiger charge is 2.25. The van der Waals surface area contributed by atoms with Gasteiger partial charge in [0.05, 0.1) is 0 Å². The van der Waals surface area contributed by atoms with Crippen LogP contribution in [-0.4, -0.2) is 10.2 Å². The normalized spacial score (nSPS) is 15.1. The first-order valence-electron chi connectivity index (χ1n) is 5.39. The molecule has 82 valence electrons. The average molecular weight is 278 g/mol. The summed E-state index contributed by atoms with van der Waals surface area (Å²) in [6.07, 6.45) is 2.58. The van der Waals surface area contributed by atoms with Crippen molar-refractivity contribution in [1.29, 1.82) is 0 Å². The summed E-state index contributed by atoms with van der Waals surface area (Å²) in [5, 5.41) is 10.6. The smallest absolute Gasteiger partial charge is 0.152 e. The molecule has 4 heteroatoms. The first-order valence-corrected chi connectivity index (χ1v) is 6.18. The Morgan fingerprint density at radius 2 is 2.00 bits per heavy atom. The van der Waals surface area contributed by atoms with E-state index in [1.54, 1.807) is 0 Å². The zero-order chi connectivity index (χ0) is 11.0. The molecule has 1 aliphatic carbocycles. The second kappa shape index (κ2) is 3.94. The molecule has 1 aliphatic rings. The maximum absolute atomic E-state index is 4.25. The summed E-state index contributed by atoms with van der Waals surface area (Å²) in [5.41, 5.74) is 2.30. The lowest BCUT2D eigenvalue weighted by molar-refractivity contribution is 0.967. The number of nitrogens with one attached hydrogen (secondary N) is 2. The van der Waals surface area contributed by atoms with Gasteiger partial charge in [0.1, 0.15) is 0 Å². The second-order valence-corrected chi connectivity index (χ2v) is 5.03. The Kier molecular flexibility index (Phi) is 2.44. The highest BCUT2D eigenvalue weighted by atomic mass is 79.9. The average Bonchev–Trinajstić information content (AvgIpc) is 3.04. The van der Waals surface area contributed by atoms with Gasteiger partial charge in [-0.3, -0.25) is 5.10 Å². The number of nitrogens with zero attached hydrogens (tertiary/aromatic N) is 1. The van der Waals surface area contributed by atoms with Gasteiger partial charge in [0.25, 0.3) is 0 Å². The molecule has 1 aromatic heterocycles. The molecule has 16 heavy (non-hydrogen) atoms. The van der Waals surface area contributed by atoms with E-state index in [2.05, 4.69) is 37.5 Å². The van der Waals surface area contributed by atoms with Crippen molar-refractivity contribution in [3.8, 4) is 0 Å². The van der Waals surface area contributed by atoms with Crippen molar-refractivity contribution in [2.24, 2.45) is 0 Å². The third-order valence-corrected chi connectivity index (χ3v) is 3.26. The molecule has 2 aromatic rings. The van der Waals surface area contributed by atoms with E-state index in [9.17, 15) is 0 Å². The molecule has 0 amide bonds. The van der Waals surface area contributed by atoms with Gasteiger partial charge in [-0.05, 0) is 37.1 Å². The maximum atomic E-state index is 4.25. The number of anilines is 2. The largest absolute Gasteiger partial charge is 0.339 e. The van der Waals surface area contributed by atoms with Crippen molar-refractivity contribution in [1.82, 2.24) is 10.2 Å². The molecular formula is C12H12BrN3. The number of benzene rings is 1. The van der Waals surface area contributed by atoms with Crippen LogP contribution in [0.2, 0.25) is 0 Å². The molecule has 0 spiro atoms. The highest BCUT2D eigenvalue weighted by molar-refractivity contribution is 9.10. The molecule has 1 aromatic carbocycles. The number of halogens is 1. The predicted molar refractivity (Wildman–Crippen MR) is 68.0 cm³/mol. The minimum atomic E-state index is 0.716. The maximum Gasteiger partial charge on any atom is 0.152 e. The minimum Gasteiger partial charge on any atom is -0.339 e. The van der Waals surface area contributed by atoms with Crippen LogP contribution in [0.25, 0.3) is 0 Å². The molecule has 0 unspecified atom stereocenters. The lowest BCUT2D eigenvalue weighted by atomic mass is 10.3. The van der Waals surface area contributed by atoms with Gasteiger partial charge in [-0.15, -0.1) is 0 Å². The summed E-state index contributed by atoms with van der Waals surface area (Å²) in [6, 6.07) is 10.2. The van der Waals surface area contributed by atoms with Gasteiger partial charge in [-0.1, -0.05) is 15.9 Å². The van der Waals surface area contributed by atoms with E-state index in [0.717, 1.165) is 16.0 Å². The summed E-state index contributed by atoms with van der Waals surface area (Å²) in [6.45, 7) is 0. The van der Waals surface area contributed by atoms with E-state index in [1.807, 2.05) is 24.3 Å². The first kappa shape index (κ1) is 9.90. The molecule has 2 N–H and O–H groups in total. The molecule has 0 aliphatic heterocycles. The molecule has 0 bridgehead atoms. The number of hydrogen-bond donors (Lipinski definition) is 2. The highest BCUT2D eigenvalue weighted by Crippen LogP contribution is 2.39. The van der Waals surface area contributed by atoms with E-state index >= 15 is 0 Å². The number of hydrogen-bond acceptors (Lipinski definition) is 2. The third-order valence-electron chi connectivity index (χ3n) is 2.73. The summed E-state index contributed by atoms with van der Waals surface area (Å²) >= 11 is 3.41. The lowest BCUT2D eigenvalue weighted by Gasteiger charge is -2.01. The molecule has 1 heterocycles. The number of aromatic amines is 1. The fourth-order valence-electron chi connectivity index (χ4n) is 1.69. The molecule has 0 atom stereocenters. The quantitative estimate of drug-likeness (QED) is 0.896. The van der Waals surface area contributed by atoms with Crippen LogP contribution < -0.4 is 5.32 Å². The second-order valence-electron chi connectivity index (χ2n) is 4.11. The van der Waals surface area contributed by atoms with Crippen molar-refractivity contribution in [2.75, 3.05) is 5.32 Å². The fourth-order valence-corrected chi connectivity index (χ4v) is 1.95. The summed E-state index contributed by atoms with van der Waals surface area (Å²) in [5.74, 6) is 1.61. The van der Waals surface area contributed by atoms with E-state index < -0.39 is 0 Å². The Balaban J connectivity index is 1.75. The van der Waals surface area contributed by atoms with Crippen LogP contribution in [0.3, 0.4) is 0 Å². The molecular weight excluding hydrogens is 266 g/mol. The molecule has 3 rings (SSSR count). The Hall–Kier alpha value is -1.29. The van der Waals surface area contributed by atoms with Gasteiger partial charge < -0.3 is 5.32 Å². The monoisotopic (exact) mass is 277 g/mol. The standard InChI is InChI=1S/C12H12BrN3/c13-9-3-5-10(6-4-9)14-12-7-11(15-16-12)8-1-2-8/h3-8H,1-2H2,(H2,14,15,16). The Bertz CT molecular complexity index is 485. The Labute approximate surface area is 102 Å². The summed E-state index contributed by atoms with van der Waals surface area (Å²) in [4.78, 5) is 0. The lowest BCUT2D eigenvalue weighted by Crippen LogP contribution is -1.89. The van der Waals surface area contributed by atoms with E-state index in [0.29, 0.717) is 5.92 Å². The van der Waals surface area contributed by atoms with Gasteiger partial charge in [0.15, 0.2) is 5.82 Å². The zero-order valence-electron chi connectivity index (χ0n) is 8.70.